The van der Waals surface area contributed by atoms with Crippen molar-refractivity contribution in [2.24, 2.45) is 0 Å². The molecule has 0 bridgehead atoms. The van der Waals surface area contributed by atoms with Crippen LogP contribution in [0.1, 0.15) is 5.56 Å². The average Bonchev–Trinajstić information content (AvgIpc) is 2.46. The molecule has 0 aliphatic rings. The van der Waals surface area contributed by atoms with Gasteiger partial charge < -0.3 is 10.5 Å². The van der Waals surface area contributed by atoms with Gasteiger partial charge in [0.15, 0.2) is 5.75 Å². The van der Waals surface area contributed by atoms with Crippen molar-refractivity contribution in [2.75, 3.05) is 5.73 Å². The van der Waals surface area contributed by atoms with Gasteiger partial charge in [0.05, 0.1) is 16.2 Å². The summed E-state index contributed by atoms with van der Waals surface area (Å²) in [4.78, 5) is 4.29. The van der Waals surface area contributed by atoms with Crippen molar-refractivity contribution < 1.29 is 4.74 Å². The zero-order valence-corrected chi connectivity index (χ0v) is 11.5. The maximum absolute atomic E-state index is 6.08. The number of aromatic nitrogens is 1. The van der Waals surface area contributed by atoms with Crippen LogP contribution in [0.4, 0.5) is 5.69 Å². The number of benzene rings is 2. The molecule has 2 N–H and O–H groups in total. The minimum Gasteiger partial charge on any atom is -0.485 e. The Morgan fingerprint density at radius 1 is 1.10 bits per heavy atom. The van der Waals surface area contributed by atoms with E-state index in [0.717, 1.165) is 16.5 Å². The standard InChI is InChI=1S/C16H13ClN2O/c17-13-4-1-5-14(18)16(13)20-10-11-6-7-15-12(9-11)3-2-8-19-15/h1-9H,10,18H2. The van der Waals surface area contributed by atoms with Crippen LogP contribution in [-0.4, -0.2) is 4.98 Å². The molecule has 3 aromatic rings. The lowest BCUT2D eigenvalue weighted by Gasteiger charge is -2.10. The molecule has 0 aliphatic carbocycles. The van der Waals surface area contributed by atoms with E-state index in [4.69, 9.17) is 22.1 Å². The Bertz CT molecular complexity index is 738. The average molecular weight is 285 g/mol. The number of nitrogens with zero attached hydrogens (tertiary/aromatic N) is 1. The van der Waals surface area contributed by atoms with E-state index in [-0.39, 0.29) is 0 Å². The van der Waals surface area contributed by atoms with Gasteiger partial charge in [-0.2, -0.15) is 0 Å². The van der Waals surface area contributed by atoms with Gasteiger partial charge in [-0.1, -0.05) is 29.8 Å². The van der Waals surface area contributed by atoms with E-state index < -0.39 is 0 Å². The van der Waals surface area contributed by atoms with Crippen molar-refractivity contribution in [3.8, 4) is 5.75 Å². The summed E-state index contributed by atoms with van der Waals surface area (Å²) in [6.07, 6.45) is 1.78. The lowest BCUT2D eigenvalue weighted by atomic mass is 10.1. The summed E-state index contributed by atoms with van der Waals surface area (Å²) in [5, 5.41) is 1.60. The Morgan fingerprint density at radius 3 is 2.85 bits per heavy atom. The Morgan fingerprint density at radius 2 is 2.00 bits per heavy atom. The Balaban J connectivity index is 1.83. The van der Waals surface area contributed by atoms with E-state index in [1.807, 2.05) is 24.3 Å². The van der Waals surface area contributed by atoms with Crippen LogP contribution in [-0.2, 0) is 6.61 Å². The Hall–Kier alpha value is -2.26. The van der Waals surface area contributed by atoms with Gasteiger partial charge in [-0.25, -0.2) is 0 Å². The molecule has 0 radical (unpaired) electrons. The minimum atomic E-state index is 0.415. The highest BCUT2D eigenvalue weighted by molar-refractivity contribution is 6.32. The van der Waals surface area contributed by atoms with Crippen LogP contribution in [0.15, 0.2) is 54.7 Å². The van der Waals surface area contributed by atoms with E-state index in [9.17, 15) is 0 Å². The van der Waals surface area contributed by atoms with E-state index in [1.54, 1.807) is 24.4 Å². The zero-order chi connectivity index (χ0) is 13.9. The number of para-hydroxylation sites is 1. The summed E-state index contributed by atoms with van der Waals surface area (Å²) >= 11 is 6.08. The normalized spacial score (nSPS) is 10.7. The fourth-order valence-corrected chi connectivity index (χ4v) is 2.28. The van der Waals surface area contributed by atoms with Gasteiger partial charge in [0.25, 0.3) is 0 Å². The molecule has 0 amide bonds. The van der Waals surface area contributed by atoms with Gasteiger partial charge in [-0.3, -0.25) is 4.98 Å². The number of anilines is 1. The van der Waals surface area contributed by atoms with Crippen LogP contribution in [0, 0.1) is 0 Å². The van der Waals surface area contributed by atoms with Gasteiger partial charge in [-0.15, -0.1) is 0 Å². The van der Waals surface area contributed by atoms with Gasteiger partial charge in [0, 0.05) is 11.6 Å². The third-order valence-corrected chi connectivity index (χ3v) is 3.35. The molecule has 20 heavy (non-hydrogen) atoms. The topological polar surface area (TPSA) is 48.1 Å². The smallest absolute Gasteiger partial charge is 0.161 e. The van der Waals surface area contributed by atoms with Crippen molar-refractivity contribution in [3.05, 3.63) is 65.3 Å². The molecule has 0 saturated heterocycles. The van der Waals surface area contributed by atoms with Gasteiger partial charge >= 0.3 is 0 Å². The number of fused-ring (bicyclic) bond motifs is 1. The van der Waals surface area contributed by atoms with Crippen molar-refractivity contribution in [3.63, 3.8) is 0 Å². The highest BCUT2D eigenvalue weighted by atomic mass is 35.5. The maximum atomic E-state index is 6.08. The van der Waals surface area contributed by atoms with Gasteiger partial charge in [0.1, 0.15) is 6.61 Å². The fourth-order valence-electron chi connectivity index (χ4n) is 2.05. The second-order valence-electron chi connectivity index (χ2n) is 4.48. The number of hydrogen-bond acceptors (Lipinski definition) is 3. The van der Waals surface area contributed by atoms with Gasteiger partial charge in [-0.05, 0) is 35.9 Å². The van der Waals surface area contributed by atoms with Crippen molar-refractivity contribution in [1.82, 2.24) is 4.98 Å². The number of nitrogen functional groups attached to an aromatic ring is 1. The first-order valence-corrected chi connectivity index (χ1v) is 6.62. The van der Waals surface area contributed by atoms with E-state index in [0.29, 0.717) is 23.1 Å². The third-order valence-electron chi connectivity index (χ3n) is 3.05. The SMILES string of the molecule is Nc1cccc(Cl)c1OCc1ccc2ncccc2c1. The summed E-state index contributed by atoms with van der Waals surface area (Å²) in [7, 11) is 0. The second kappa shape index (κ2) is 5.39. The molecule has 3 nitrogen and oxygen atoms in total. The quantitative estimate of drug-likeness (QED) is 0.738. The maximum Gasteiger partial charge on any atom is 0.161 e. The molecular weight excluding hydrogens is 272 g/mol. The van der Waals surface area contributed by atoms with Crippen LogP contribution >= 0.6 is 11.6 Å². The first-order valence-electron chi connectivity index (χ1n) is 6.24. The fraction of sp³-hybridized carbons (Fsp3) is 0.0625. The van der Waals surface area contributed by atoms with E-state index in [1.165, 1.54) is 0 Å². The van der Waals surface area contributed by atoms with Crippen LogP contribution in [0.5, 0.6) is 5.75 Å². The van der Waals surface area contributed by atoms with Crippen molar-refractivity contribution in [1.29, 1.82) is 0 Å². The van der Waals surface area contributed by atoms with E-state index in [2.05, 4.69) is 11.1 Å². The summed E-state index contributed by atoms with van der Waals surface area (Å²) in [5.74, 6) is 0.528. The molecule has 1 heterocycles. The summed E-state index contributed by atoms with van der Waals surface area (Å²) in [5.41, 5.74) is 8.41. The first kappa shape index (κ1) is 12.8. The lowest BCUT2D eigenvalue weighted by Crippen LogP contribution is -1.99. The second-order valence-corrected chi connectivity index (χ2v) is 4.88. The number of rotatable bonds is 3. The zero-order valence-electron chi connectivity index (χ0n) is 10.7. The molecule has 100 valence electrons. The number of pyridine rings is 1. The monoisotopic (exact) mass is 284 g/mol. The number of halogens is 1. The van der Waals surface area contributed by atoms with Crippen molar-refractivity contribution in [2.45, 2.75) is 6.61 Å². The molecule has 0 atom stereocenters. The van der Waals surface area contributed by atoms with Crippen LogP contribution in [0.25, 0.3) is 10.9 Å². The molecule has 0 unspecified atom stereocenters. The Labute approximate surface area is 122 Å². The number of ether oxygens (including phenoxy) is 1. The number of hydrogen-bond donors (Lipinski definition) is 1. The number of nitrogens with two attached hydrogens (primary N) is 1. The predicted molar refractivity (Wildman–Crippen MR) is 81.9 cm³/mol. The summed E-state index contributed by atoms with van der Waals surface area (Å²) < 4.78 is 5.73. The molecule has 4 heteroatoms. The van der Waals surface area contributed by atoms with Crippen LogP contribution in [0.2, 0.25) is 5.02 Å². The molecular formula is C16H13ClN2O. The Kier molecular flexibility index (Phi) is 3.44. The minimum absolute atomic E-state index is 0.415. The van der Waals surface area contributed by atoms with Gasteiger partial charge in [0.2, 0.25) is 0 Å². The molecule has 0 saturated carbocycles. The summed E-state index contributed by atoms with van der Waals surface area (Å²) in [6, 6.07) is 15.3. The lowest BCUT2D eigenvalue weighted by molar-refractivity contribution is 0.308. The van der Waals surface area contributed by atoms with Crippen LogP contribution in [0.3, 0.4) is 0 Å². The largest absolute Gasteiger partial charge is 0.485 e. The molecule has 0 spiro atoms. The summed E-state index contributed by atoms with van der Waals surface area (Å²) in [6.45, 7) is 0.415. The molecule has 2 aromatic carbocycles. The molecule has 0 aliphatic heterocycles. The van der Waals surface area contributed by atoms with Crippen LogP contribution < -0.4 is 10.5 Å². The highest BCUT2D eigenvalue weighted by Gasteiger charge is 2.06. The molecule has 0 fully saturated rings. The third kappa shape index (κ3) is 2.53. The molecule has 1 aromatic heterocycles. The van der Waals surface area contributed by atoms with E-state index >= 15 is 0 Å². The van der Waals surface area contributed by atoms with Crippen molar-refractivity contribution >= 4 is 28.2 Å². The first-order chi connectivity index (χ1) is 9.74. The highest BCUT2D eigenvalue weighted by Crippen LogP contribution is 2.31. The molecule has 3 rings (SSSR count). The predicted octanol–water partition coefficient (Wildman–Crippen LogP) is 4.05.